The number of nitrogens with two attached hydrogens (primary N) is 1. The van der Waals surface area contributed by atoms with Gasteiger partial charge in [-0.1, -0.05) is 0 Å². The number of hydrogen-bond donors (Lipinski definition) is 2. The summed E-state index contributed by atoms with van der Waals surface area (Å²) in [5, 5.41) is 9.00. The summed E-state index contributed by atoms with van der Waals surface area (Å²) in [5.41, 5.74) is 6.94. The minimum atomic E-state index is -3.55. The molecule has 1 aromatic rings. The standard InChI is InChI=1S/C12H18N2O3S/c1-9-6-10(13)8-12(7-9)18(16,17)14(4-5-15)11-2-3-11/h6-8,11,15H,2-5,13H2,1H3. The number of aliphatic hydroxyl groups excluding tert-OH is 1. The van der Waals surface area contributed by atoms with Crippen molar-refractivity contribution in [2.75, 3.05) is 18.9 Å². The fraction of sp³-hybridized carbons (Fsp3) is 0.500. The fourth-order valence-electron chi connectivity index (χ4n) is 2.02. The van der Waals surface area contributed by atoms with Crippen LogP contribution in [-0.4, -0.2) is 37.0 Å². The van der Waals surface area contributed by atoms with E-state index in [1.807, 2.05) is 6.92 Å². The summed E-state index contributed by atoms with van der Waals surface area (Å²) < 4.78 is 26.3. The molecule has 0 amide bonds. The fourth-order valence-corrected chi connectivity index (χ4v) is 3.84. The van der Waals surface area contributed by atoms with E-state index in [2.05, 4.69) is 0 Å². The molecular weight excluding hydrogens is 252 g/mol. The molecule has 5 nitrogen and oxygen atoms in total. The Morgan fingerprint density at radius 1 is 1.39 bits per heavy atom. The molecule has 0 aliphatic heterocycles. The summed E-state index contributed by atoms with van der Waals surface area (Å²) in [7, 11) is -3.55. The zero-order valence-corrected chi connectivity index (χ0v) is 11.2. The van der Waals surface area contributed by atoms with E-state index in [4.69, 9.17) is 10.8 Å². The first-order valence-electron chi connectivity index (χ1n) is 5.95. The molecule has 2 rings (SSSR count). The first-order valence-corrected chi connectivity index (χ1v) is 7.39. The minimum absolute atomic E-state index is 0.0314. The molecule has 0 bridgehead atoms. The molecule has 1 fully saturated rings. The zero-order chi connectivity index (χ0) is 13.3. The normalized spacial score (nSPS) is 16.2. The second-order valence-electron chi connectivity index (χ2n) is 4.65. The van der Waals surface area contributed by atoms with Gasteiger partial charge in [-0.3, -0.25) is 0 Å². The average Bonchev–Trinajstić information content (AvgIpc) is 3.08. The van der Waals surface area contributed by atoms with E-state index in [9.17, 15) is 8.42 Å². The molecule has 6 heteroatoms. The lowest BCUT2D eigenvalue weighted by atomic mass is 10.2. The van der Waals surface area contributed by atoms with Gasteiger partial charge in [0.05, 0.1) is 11.5 Å². The van der Waals surface area contributed by atoms with Crippen LogP contribution in [0.2, 0.25) is 0 Å². The van der Waals surface area contributed by atoms with Gasteiger partial charge >= 0.3 is 0 Å². The van der Waals surface area contributed by atoms with Crippen molar-refractivity contribution in [2.24, 2.45) is 0 Å². The Morgan fingerprint density at radius 2 is 2.06 bits per heavy atom. The highest BCUT2D eigenvalue weighted by atomic mass is 32.2. The number of nitrogens with zero attached hydrogens (tertiary/aromatic N) is 1. The molecule has 1 aromatic carbocycles. The molecule has 0 atom stereocenters. The molecule has 0 unspecified atom stereocenters. The zero-order valence-electron chi connectivity index (χ0n) is 10.3. The summed E-state index contributed by atoms with van der Waals surface area (Å²) in [6.45, 7) is 1.78. The van der Waals surface area contributed by atoms with Crippen molar-refractivity contribution in [3.63, 3.8) is 0 Å². The first-order chi connectivity index (χ1) is 8.45. The van der Waals surface area contributed by atoms with Crippen molar-refractivity contribution in [3.8, 4) is 0 Å². The van der Waals surface area contributed by atoms with Gasteiger partial charge in [0.2, 0.25) is 10.0 Å². The highest BCUT2D eigenvalue weighted by Gasteiger charge is 2.37. The van der Waals surface area contributed by atoms with E-state index < -0.39 is 10.0 Å². The number of aliphatic hydroxyl groups is 1. The topological polar surface area (TPSA) is 83.6 Å². The number of benzene rings is 1. The van der Waals surface area contributed by atoms with E-state index in [-0.39, 0.29) is 24.1 Å². The Balaban J connectivity index is 2.39. The molecule has 0 radical (unpaired) electrons. The van der Waals surface area contributed by atoms with E-state index in [1.165, 1.54) is 10.4 Å². The Hall–Kier alpha value is -1.11. The summed E-state index contributed by atoms with van der Waals surface area (Å²) in [5.74, 6) is 0. The molecule has 0 aromatic heterocycles. The molecule has 1 aliphatic rings. The van der Waals surface area contributed by atoms with Gasteiger partial charge in [0.25, 0.3) is 0 Å². The van der Waals surface area contributed by atoms with Crippen LogP contribution in [0.5, 0.6) is 0 Å². The number of aryl methyl sites for hydroxylation is 1. The van der Waals surface area contributed by atoms with Gasteiger partial charge in [-0.15, -0.1) is 0 Å². The molecule has 0 saturated heterocycles. The summed E-state index contributed by atoms with van der Waals surface area (Å²) in [6, 6.07) is 4.84. The number of hydrogen-bond acceptors (Lipinski definition) is 4. The van der Waals surface area contributed by atoms with Crippen molar-refractivity contribution in [1.82, 2.24) is 4.31 Å². The lowest BCUT2D eigenvalue weighted by molar-refractivity contribution is 0.250. The highest BCUT2D eigenvalue weighted by Crippen LogP contribution is 2.32. The Bertz CT molecular complexity index is 518. The average molecular weight is 270 g/mol. The maximum Gasteiger partial charge on any atom is 0.243 e. The van der Waals surface area contributed by atoms with Crippen LogP contribution in [-0.2, 0) is 10.0 Å². The molecule has 0 spiro atoms. The predicted octanol–water partition coefficient (Wildman–Crippen LogP) is 0.723. The van der Waals surface area contributed by atoms with Crippen LogP contribution in [0.4, 0.5) is 5.69 Å². The van der Waals surface area contributed by atoms with E-state index in [0.29, 0.717) is 5.69 Å². The van der Waals surface area contributed by atoms with Crippen LogP contribution >= 0.6 is 0 Å². The van der Waals surface area contributed by atoms with Crippen LogP contribution < -0.4 is 5.73 Å². The van der Waals surface area contributed by atoms with Gasteiger partial charge < -0.3 is 10.8 Å². The van der Waals surface area contributed by atoms with Crippen molar-refractivity contribution in [2.45, 2.75) is 30.7 Å². The summed E-state index contributed by atoms with van der Waals surface area (Å²) in [4.78, 5) is 0.209. The monoisotopic (exact) mass is 270 g/mol. The number of nitrogen functional groups attached to an aromatic ring is 1. The molecule has 100 valence electrons. The molecular formula is C12H18N2O3S. The van der Waals surface area contributed by atoms with E-state index in [0.717, 1.165) is 18.4 Å². The van der Waals surface area contributed by atoms with Crippen LogP contribution in [0.3, 0.4) is 0 Å². The lowest BCUT2D eigenvalue weighted by Gasteiger charge is -2.21. The summed E-state index contributed by atoms with van der Waals surface area (Å²) >= 11 is 0. The van der Waals surface area contributed by atoms with E-state index in [1.54, 1.807) is 12.1 Å². The van der Waals surface area contributed by atoms with Crippen molar-refractivity contribution in [1.29, 1.82) is 0 Å². The van der Waals surface area contributed by atoms with Crippen LogP contribution in [0.15, 0.2) is 23.1 Å². The third-order valence-corrected chi connectivity index (χ3v) is 4.88. The second-order valence-corrected chi connectivity index (χ2v) is 6.54. The van der Waals surface area contributed by atoms with E-state index >= 15 is 0 Å². The third kappa shape index (κ3) is 2.66. The van der Waals surface area contributed by atoms with Crippen LogP contribution in [0, 0.1) is 6.92 Å². The highest BCUT2D eigenvalue weighted by molar-refractivity contribution is 7.89. The van der Waals surface area contributed by atoms with Gasteiger partial charge in [0.1, 0.15) is 0 Å². The van der Waals surface area contributed by atoms with Crippen molar-refractivity contribution < 1.29 is 13.5 Å². The number of rotatable bonds is 5. The maximum atomic E-state index is 12.5. The summed E-state index contributed by atoms with van der Waals surface area (Å²) in [6.07, 6.45) is 1.72. The predicted molar refractivity (Wildman–Crippen MR) is 69.6 cm³/mol. The number of sulfonamides is 1. The first kappa shape index (κ1) is 13.3. The van der Waals surface area contributed by atoms with Crippen LogP contribution in [0.25, 0.3) is 0 Å². The Morgan fingerprint density at radius 3 is 2.56 bits per heavy atom. The quantitative estimate of drug-likeness (QED) is 0.772. The van der Waals surface area contributed by atoms with Gasteiger partial charge in [-0.2, -0.15) is 4.31 Å². The SMILES string of the molecule is Cc1cc(N)cc(S(=O)(=O)N(CCO)C2CC2)c1. The molecule has 0 heterocycles. The largest absolute Gasteiger partial charge is 0.399 e. The Labute approximate surface area is 107 Å². The van der Waals surface area contributed by atoms with Gasteiger partial charge in [0.15, 0.2) is 0 Å². The van der Waals surface area contributed by atoms with Crippen molar-refractivity contribution >= 4 is 15.7 Å². The third-order valence-electron chi connectivity index (χ3n) is 2.95. The van der Waals surface area contributed by atoms with Gasteiger partial charge in [0, 0.05) is 18.3 Å². The molecule has 1 aliphatic carbocycles. The van der Waals surface area contributed by atoms with Gasteiger partial charge in [-0.05, 0) is 43.5 Å². The molecule has 18 heavy (non-hydrogen) atoms. The van der Waals surface area contributed by atoms with Crippen molar-refractivity contribution in [3.05, 3.63) is 23.8 Å². The molecule has 1 saturated carbocycles. The van der Waals surface area contributed by atoms with Crippen LogP contribution in [0.1, 0.15) is 18.4 Å². The Kier molecular flexibility index (Phi) is 3.61. The maximum absolute atomic E-state index is 12.5. The minimum Gasteiger partial charge on any atom is -0.399 e. The van der Waals surface area contributed by atoms with Gasteiger partial charge in [-0.25, -0.2) is 8.42 Å². The molecule has 3 N–H and O–H groups in total. The number of anilines is 1. The lowest BCUT2D eigenvalue weighted by Crippen LogP contribution is -2.35. The smallest absolute Gasteiger partial charge is 0.243 e. The second kappa shape index (κ2) is 4.87.